The maximum atomic E-state index is 6.53. The van der Waals surface area contributed by atoms with Crippen molar-refractivity contribution in [2.24, 2.45) is 0 Å². The number of hydrogen-bond donors (Lipinski definition) is 0. The average Bonchev–Trinajstić information content (AvgIpc) is 3.68. The predicted molar refractivity (Wildman–Crippen MR) is 214 cm³/mol. The lowest BCUT2D eigenvalue weighted by Crippen LogP contribution is -2.16. The summed E-state index contributed by atoms with van der Waals surface area (Å²) in [7, 11) is 0. The molecule has 1 heterocycles. The molecule has 1 aliphatic rings. The Balaban J connectivity index is 1.14. The molecular weight excluding hydrogens is 619 g/mol. The van der Waals surface area contributed by atoms with Crippen LogP contribution in [0.4, 0.5) is 17.1 Å². The van der Waals surface area contributed by atoms with Crippen molar-refractivity contribution in [3.63, 3.8) is 0 Å². The van der Waals surface area contributed by atoms with Gasteiger partial charge in [-0.25, -0.2) is 0 Å². The topological polar surface area (TPSA) is 16.4 Å². The fourth-order valence-electron chi connectivity index (χ4n) is 8.37. The zero-order valence-electron chi connectivity index (χ0n) is 28.6. The molecule has 8 aromatic carbocycles. The molecule has 1 aromatic heterocycles. The molecule has 0 saturated heterocycles. The summed E-state index contributed by atoms with van der Waals surface area (Å²) >= 11 is 0. The van der Waals surface area contributed by atoms with Gasteiger partial charge in [-0.05, 0) is 86.8 Å². The summed E-state index contributed by atoms with van der Waals surface area (Å²) in [4.78, 5) is 2.42. The summed E-state index contributed by atoms with van der Waals surface area (Å²) in [6, 6.07) is 63.6. The summed E-state index contributed by atoms with van der Waals surface area (Å²) in [6.45, 7) is 4.70. The molecule has 51 heavy (non-hydrogen) atoms. The van der Waals surface area contributed by atoms with Gasteiger partial charge in [0.05, 0.1) is 5.69 Å². The fourth-order valence-corrected chi connectivity index (χ4v) is 8.37. The Kier molecular flexibility index (Phi) is 6.56. The Morgan fingerprint density at radius 3 is 1.98 bits per heavy atom. The first kappa shape index (κ1) is 29.5. The highest BCUT2D eigenvalue weighted by Crippen LogP contribution is 2.51. The first-order valence-electron chi connectivity index (χ1n) is 17.7. The number of anilines is 3. The molecule has 0 radical (unpaired) electrons. The molecule has 2 heteroatoms. The first-order valence-corrected chi connectivity index (χ1v) is 17.7. The highest BCUT2D eigenvalue weighted by molar-refractivity contribution is 6.19. The second-order valence-corrected chi connectivity index (χ2v) is 14.1. The molecule has 0 saturated carbocycles. The van der Waals surface area contributed by atoms with Gasteiger partial charge < -0.3 is 9.32 Å². The van der Waals surface area contributed by atoms with E-state index in [1.165, 1.54) is 44.3 Å². The van der Waals surface area contributed by atoms with Gasteiger partial charge in [0.25, 0.3) is 0 Å². The smallest absolute Gasteiger partial charge is 0.143 e. The number of rotatable bonds is 5. The minimum absolute atomic E-state index is 0.103. The van der Waals surface area contributed by atoms with Crippen molar-refractivity contribution in [3.05, 3.63) is 187 Å². The molecule has 2 nitrogen and oxygen atoms in total. The van der Waals surface area contributed by atoms with E-state index < -0.39 is 0 Å². The van der Waals surface area contributed by atoms with Crippen molar-refractivity contribution >= 4 is 49.8 Å². The zero-order valence-corrected chi connectivity index (χ0v) is 28.6. The minimum Gasteiger partial charge on any atom is -0.455 e. The Bertz CT molecular complexity index is 2770. The van der Waals surface area contributed by atoms with Crippen LogP contribution in [0.2, 0.25) is 0 Å². The van der Waals surface area contributed by atoms with E-state index >= 15 is 0 Å². The number of benzene rings is 8. The van der Waals surface area contributed by atoms with E-state index in [9.17, 15) is 0 Å². The van der Waals surface area contributed by atoms with Gasteiger partial charge in [0.15, 0.2) is 0 Å². The Morgan fingerprint density at radius 1 is 0.451 bits per heavy atom. The van der Waals surface area contributed by atoms with Crippen molar-refractivity contribution in [1.29, 1.82) is 0 Å². The van der Waals surface area contributed by atoms with Crippen LogP contribution < -0.4 is 4.90 Å². The van der Waals surface area contributed by atoms with Crippen LogP contribution in [0.25, 0.3) is 66.1 Å². The first-order chi connectivity index (χ1) is 25.1. The minimum atomic E-state index is -0.103. The van der Waals surface area contributed by atoms with Crippen molar-refractivity contribution < 1.29 is 4.42 Å². The normalized spacial score (nSPS) is 13.1. The Hall–Kier alpha value is -6.38. The number of fused-ring (bicyclic) bond motifs is 8. The maximum Gasteiger partial charge on any atom is 0.143 e. The van der Waals surface area contributed by atoms with Gasteiger partial charge in [0, 0.05) is 38.5 Å². The Morgan fingerprint density at radius 2 is 1.12 bits per heavy atom. The molecule has 0 spiro atoms. The van der Waals surface area contributed by atoms with E-state index in [1.807, 2.05) is 0 Å². The highest BCUT2D eigenvalue weighted by atomic mass is 16.3. The summed E-state index contributed by atoms with van der Waals surface area (Å²) in [5.74, 6) is 0. The van der Waals surface area contributed by atoms with Gasteiger partial charge in [0.1, 0.15) is 11.2 Å². The van der Waals surface area contributed by atoms with Crippen LogP contribution in [0, 0.1) is 0 Å². The van der Waals surface area contributed by atoms with E-state index in [1.54, 1.807) is 0 Å². The molecule has 1 aliphatic carbocycles. The van der Waals surface area contributed by atoms with Gasteiger partial charge >= 0.3 is 0 Å². The zero-order chi connectivity index (χ0) is 34.1. The van der Waals surface area contributed by atoms with Gasteiger partial charge in [-0.2, -0.15) is 0 Å². The van der Waals surface area contributed by atoms with Crippen LogP contribution in [-0.4, -0.2) is 0 Å². The van der Waals surface area contributed by atoms with Crippen LogP contribution >= 0.6 is 0 Å². The second kappa shape index (κ2) is 11.3. The second-order valence-electron chi connectivity index (χ2n) is 14.1. The van der Waals surface area contributed by atoms with Crippen molar-refractivity contribution in [1.82, 2.24) is 0 Å². The number of hydrogen-bond acceptors (Lipinski definition) is 2. The fraction of sp³-hybridized carbons (Fsp3) is 0.0612. The lowest BCUT2D eigenvalue weighted by molar-refractivity contribution is 0.660. The molecule has 10 rings (SSSR count). The highest BCUT2D eigenvalue weighted by Gasteiger charge is 2.35. The molecule has 0 aliphatic heterocycles. The summed E-state index contributed by atoms with van der Waals surface area (Å²) < 4.78 is 6.53. The molecule has 0 bridgehead atoms. The van der Waals surface area contributed by atoms with Crippen LogP contribution in [0.15, 0.2) is 180 Å². The lowest BCUT2D eigenvalue weighted by Gasteiger charge is -2.30. The molecule has 0 unspecified atom stereocenters. The predicted octanol–water partition coefficient (Wildman–Crippen LogP) is 13.8. The number of furan rings is 1. The van der Waals surface area contributed by atoms with Gasteiger partial charge in [0.2, 0.25) is 0 Å². The van der Waals surface area contributed by atoms with E-state index in [0.717, 1.165) is 50.0 Å². The average molecular weight is 654 g/mol. The van der Waals surface area contributed by atoms with E-state index in [0.29, 0.717) is 0 Å². The van der Waals surface area contributed by atoms with Gasteiger partial charge in [-0.1, -0.05) is 147 Å². The van der Waals surface area contributed by atoms with E-state index in [4.69, 9.17) is 4.42 Å². The molecule has 0 fully saturated rings. The van der Waals surface area contributed by atoms with E-state index in [2.05, 4.69) is 195 Å². The maximum absolute atomic E-state index is 6.53. The standard InChI is InChI=1S/C49H35NO/c1-49(2)43-20-10-8-18-40(43)41-30-28-36(31-44(41)49)50(45-21-11-9-16-37(45)32-13-4-3-5-14-32)35-26-23-34(24-27-35)38-19-12-22-46-47(38)42-29-25-33-15-6-7-17-39(33)48(42)51-46/h3-31H,1-2H3. The third-order valence-electron chi connectivity index (χ3n) is 10.9. The van der Waals surface area contributed by atoms with Crippen LogP contribution in [0.3, 0.4) is 0 Å². The molecule has 9 aromatic rings. The molecule has 0 amide bonds. The summed E-state index contributed by atoms with van der Waals surface area (Å²) in [5.41, 5.74) is 15.2. The third kappa shape index (κ3) is 4.57. The van der Waals surface area contributed by atoms with Crippen LogP contribution in [0.5, 0.6) is 0 Å². The van der Waals surface area contributed by atoms with Gasteiger partial charge in [-0.15, -0.1) is 0 Å². The van der Waals surface area contributed by atoms with Crippen molar-refractivity contribution in [2.45, 2.75) is 19.3 Å². The summed E-state index contributed by atoms with van der Waals surface area (Å²) in [5, 5.41) is 4.62. The summed E-state index contributed by atoms with van der Waals surface area (Å²) in [6.07, 6.45) is 0. The molecule has 242 valence electrons. The molecule has 0 atom stereocenters. The Labute approximate surface area is 297 Å². The number of para-hydroxylation sites is 1. The van der Waals surface area contributed by atoms with Crippen LogP contribution in [0.1, 0.15) is 25.0 Å². The lowest BCUT2D eigenvalue weighted by atomic mass is 9.82. The van der Waals surface area contributed by atoms with Crippen molar-refractivity contribution in [2.75, 3.05) is 4.90 Å². The SMILES string of the molecule is CC1(C)c2ccccc2-c2ccc(N(c3ccc(-c4cccc5oc6c7ccccc7ccc6c45)cc3)c3ccccc3-c3ccccc3)cc21. The molecular formula is C49H35NO. The monoisotopic (exact) mass is 653 g/mol. The van der Waals surface area contributed by atoms with Crippen LogP contribution in [-0.2, 0) is 5.41 Å². The molecule has 0 N–H and O–H groups in total. The largest absolute Gasteiger partial charge is 0.455 e. The number of nitrogens with zero attached hydrogens (tertiary/aromatic N) is 1. The third-order valence-corrected chi connectivity index (χ3v) is 10.9. The quantitative estimate of drug-likeness (QED) is 0.184. The van der Waals surface area contributed by atoms with Crippen molar-refractivity contribution in [3.8, 4) is 33.4 Å². The van der Waals surface area contributed by atoms with E-state index in [-0.39, 0.29) is 5.41 Å². The van der Waals surface area contributed by atoms with Gasteiger partial charge in [-0.3, -0.25) is 0 Å².